The molecule has 0 heterocycles. The molecule has 1 rings (SSSR count). The second-order valence-electron chi connectivity index (χ2n) is 17.3. The lowest BCUT2D eigenvalue weighted by molar-refractivity contribution is -0.220. The second-order valence-corrected chi connectivity index (χ2v) is 18.7. The first-order chi connectivity index (χ1) is 29.9. The molecular formula is C48H89O13P. The van der Waals surface area contributed by atoms with Gasteiger partial charge in [0, 0.05) is 12.8 Å². The van der Waals surface area contributed by atoms with Crippen LogP contribution in [0.4, 0.5) is 0 Å². The van der Waals surface area contributed by atoms with E-state index in [0.29, 0.717) is 12.8 Å². The molecule has 0 aromatic carbocycles. The number of rotatable bonds is 41. The summed E-state index contributed by atoms with van der Waals surface area (Å²) in [6.07, 6.45) is 29.7. The molecule has 8 atom stereocenters. The zero-order valence-corrected chi connectivity index (χ0v) is 39.6. The van der Waals surface area contributed by atoms with E-state index in [1.54, 1.807) is 0 Å². The largest absolute Gasteiger partial charge is 0.472 e. The monoisotopic (exact) mass is 905 g/mol. The average molecular weight is 905 g/mol. The first kappa shape index (κ1) is 58.3. The van der Waals surface area contributed by atoms with Gasteiger partial charge in [-0.3, -0.25) is 18.6 Å². The molecule has 0 spiro atoms. The number of esters is 2. The van der Waals surface area contributed by atoms with Gasteiger partial charge in [-0.1, -0.05) is 192 Å². The van der Waals surface area contributed by atoms with E-state index in [9.17, 15) is 44.6 Å². The molecule has 1 fully saturated rings. The highest BCUT2D eigenvalue weighted by Gasteiger charge is 2.51. The Morgan fingerprint density at radius 1 is 0.500 bits per heavy atom. The van der Waals surface area contributed by atoms with Crippen LogP contribution in [0, 0.1) is 0 Å². The molecule has 1 saturated carbocycles. The zero-order valence-electron chi connectivity index (χ0n) is 38.7. The quantitative estimate of drug-likeness (QED) is 0.0146. The summed E-state index contributed by atoms with van der Waals surface area (Å²) in [7, 11) is -5.13. The summed E-state index contributed by atoms with van der Waals surface area (Å²) in [5.41, 5.74) is 0. The molecule has 1 aliphatic carbocycles. The van der Waals surface area contributed by atoms with Gasteiger partial charge in [-0.15, -0.1) is 0 Å². The van der Waals surface area contributed by atoms with Crippen LogP contribution in [0.1, 0.15) is 213 Å². The van der Waals surface area contributed by atoms with Crippen molar-refractivity contribution < 1.29 is 63.1 Å². The van der Waals surface area contributed by atoms with Crippen LogP contribution >= 0.6 is 7.82 Å². The maximum Gasteiger partial charge on any atom is 0.472 e. The molecule has 0 aliphatic heterocycles. The van der Waals surface area contributed by atoms with E-state index in [-0.39, 0.29) is 12.8 Å². The number of phosphoric acid groups is 1. The van der Waals surface area contributed by atoms with Crippen LogP contribution in [0.25, 0.3) is 0 Å². The maximum absolute atomic E-state index is 12.8. The molecule has 13 nitrogen and oxygen atoms in total. The van der Waals surface area contributed by atoms with Gasteiger partial charge in [0.15, 0.2) is 6.10 Å². The summed E-state index contributed by atoms with van der Waals surface area (Å²) in [6.45, 7) is 3.26. The van der Waals surface area contributed by atoms with E-state index in [4.69, 9.17) is 18.5 Å². The van der Waals surface area contributed by atoms with Gasteiger partial charge >= 0.3 is 19.8 Å². The Labute approximate surface area is 375 Å². The topological polar surface area (TPSA) is 210 Å². The Hall–Kier alpha value is -1.67. The minimum absolute atomic E-state index is 0.00628. The fraction of sp³-hybridized carbons (Fsp3) is 0.875. The molecule has 0 bridgehead atoms. The summed E-state index contributed by atoms with van der Waals surface area (Å²) in [5, 5.41) is 50.1. The van der Waals surface area contributed by atoms with Gasteiger partial charge in [0.1, 0.15) is 43.2 Å². The van der Waals surface area contributed by atoms with Crippen LogP contribution < -0.4 is 0 Å². The lowest BCUT2D eigenvalue weighted by Crippen LogP contribution is -2.64. The Balaban J connectivity index is 2.41. The first-order valence-electron chi connectivity index (χ1n) is 24.6. The highest BCUT2D eigenvalue weighted by atomic mass is 31.2. The Morgan fingerprint density at radius 3 is 1.37 bits per heavy atom. The van der Waals surface area contributed by atoms with Gasteiger partial charge in [-0.2, -0.15) is 0 Å². The third-order valence-corrected chi connectivity index (χ3v) is 12.5. The van der Waals surface area contributed by atoms with Crippen molar-refractivity contribution in [1.82, 2.24) is 0 Å². The minimum Gasteiger partial charge on any atom is -0.462 e. The van der Waals surface area contributed by atoms with Gasteiger partial charge in [0.25, 0.3) is 0 Å². The summed E-state index contributed by atoms with van der Waals surface area (Å²) >= 11 is 0. The molecule has 7 unspecified atom stereocenters. The van der Waals surface area contributed by atoms with E-state index in [2.05, 4.69) is 26.0 Å². The van der Waals surface area contributed by atoms with Crippen molar-refractivity contribution in [3.63, 3.8) is 0 Å². The van der Waals surface area contributed by atoms with Crippen molar-refractivity contribution in [1.29, 1.82) is 0 Å². The molecule has 364 valence electrons. The van der Waals surface area contributed by atoms with Crippen molar-refractivity contribution in [3.8, 4) is 0 Å². The summed E-state index contributed by atoms with van der Waals surface area (Å²) in [6, 6.07) is 0. The van der Waals surface area contributed by atoms with Crippen LogP contribution in [0.2, 0.25) is 0 Å². The molecule has 0 amide bonds. The fourth-order valence-electron chi connectivity index (χ4n) is 7.58. The minimum atomic E-state index is -5.13. The van der Waals surface area contributed by atoms with E-state index in [0.717, 1.165) is 32.1 Å². The number of allylic oxidation sites excluding steroid dienone is 4. The molecule has 0 aromatic rings. The number of aliphatic hydroxyl groups is 5. The van der Waals surface area contributed by atoms with Crippen molar-refractivity contribution in [2.45, 2.75) is 256 Å². The summed E-state index contributed by atoms with van der Waals surface area (Å²) in [5.74, 6) is -1.17. The van der Waals surface area contributed by atoms with E-state index in [1.165, 1.54) is 141 Å². The van der Waals surface area contributed by atoms with Gasteiger partial charge < -0.3 is 39.9 Å². The van der Waals surface area contributed by atoms with Crippen molar-refractivity contribution in [3.05, 3.63) is 24.3 Å². The number of ether oxygens (including phenoxy) is 2. The number of aliphatic hydroxyl groups excluding tert-OH is 5. The normalized spacial score (nSPS) is 22.0. The Morgan fingerprint density at radius 2 is 0.903 bits per heavy atom. The van der Waals surface area contributed by atoms with Crippen LogP contribution in [-0.4, -0.2) is 98.3 Å². The van der Waals surface area contributed by atoms with Crippen LogP contribution in [0.3, 0.4) is 0 Å². The maximum atomic E-state index is 12.8. The number of phosphoric ester groups is 1. The molecular weight excluding hydrogens is 815 g/mol. The smallest absolute Gasteiger partial charge is 0.462 e. The first-order valence-corrected chi connectivity index (χ1v) is 26.1. The third-order valence-electron chi connectivity index (χ3n) is 11.6. The van der Waals surface area contributed by atoms with Gasteiger partial charge in [0.2, 0.25) is 0 Å². The molecule has 0 aromatic heterocycles. The number of carbonyl (C=O) groups excluding carboxylic acids is 2. The van der Waals surface area contributed by atoms with Crippen molar-refractivity contribution in [2.75, 3.05) is 13.2 Å². The molecule has 0 saturated heterocycles. The molecule has 62 heavy (non-hydrogen) atoms. The predicted molar refractivity (Wildman–Crippen MR) is 244 cm³/mol. The molecule has 1 aliphatic rings. The predicted octanol–water partition coefficient (Wildman–Crippen LogP) is 10.0. The molecule has 0 radical (unpaired) electrons. The molecule has 6 N–H and O–H groups in total. The summed E-state index contributed by atoms with van der Waals surface area (Å²) in [4.78, 5) is 35.7. The van der Waals surface area contributed by atoms with Gasteiger partial charge in [-0.05, 0) is 32.1 Å². The number of hydrogen-bond donors (Lipinski definition) is 6. The van der Waals surface area contributed by atoms with Gasteiger partial charge in [0.05, 0.1) is 6.61 Å². The van der Waals surface area contributed by atoms with E-state index in [1.807, 2.05) is 12.2 Å². The lowest BCUT2D eigenvalue weighted by atomic mass is 9.85. The summed E-state index contributed by atoms with van der Waals surface area (Å²) < 4.78 is 33.5. The van der Waals surface area contributed by atoms with Crippen molar-refractivity contribution in [2.24, 2.45) is 0 Å². The third kappa shape index (κ3) is 30.5. The fourth-order valence-corrected chi connectivity index (χ4v) is 8.55. The lowest BCUT2D eigenvalue weighted by Gasteiger charge is -2.41. The average Bonchev–Trinajstić information content (AvgIpc) is 3.25. The van der Waals surface area contributed by atoms with E-state index < -0.39 is 75.7 Å². The SMILES string of the molecule is CCCCCCCC/C=C/C/C=C/CCC(=O)OC(COC(=O)CCCCCCCCCCCCCCCCCCCCCC)COP(=O)(O)OC1C(O)C(O)C(O)[C@H](O)C1O. The standard InChI is InChI=1S/C48H89O13P/c1-3-5-7-9-11-13-15-17-18-19-20-21-22-23-25-26-28-30-32-34-36-41(49)58-38-40(39-59-62(56,57)61-48-46(54)44(52)43(51)45(53)47(48)55)60-42(50)37-35-33-31-29-27-24-16-14-12-10-8-6-4-2/h24,27,31,33,40,43-48,51-55H,3-23,25-26,28-30,32,34-39H2,1-2H3,(H,56,57)/b27-24+,33-31+/t40?,43?,44-,45?,46?,47?,48?/m0/s1. The molecule has 14 heteroatoms. The number of unbranched alkanes of at least 4 members (excludes halogenated alkanes) is 25. The second kappa shape index (κ2) is 38.6. The Kier molecular flexibility index (Phi) is 36.3. The van der Waals surface area contributed by atoms with Gasteiger partial charge in [-0.25, -0.2) is 4.57 Å². The van der Waals surface area contributed by atoms with Crippen LogP contribution in [0.15, 0.2) is 24.3 Å². The van der Waals surface area contributed by atoms with Crippen molar-refractivity contribution >= 4 is 19.8 Å². The number of hydrogen-bond acceptors (Lipinski definition) is 12. The van der Waals surface area contributed by atoms with Crippen LogP contribution in [-0.2, 0) is 32.7 Å². The highest BCUT2D eigenvalue weighted by molar-refractivity contribution is 7.47. The van der Waals surface area contributed by atoms with Crippen LogP contribution in [0.5, 0.6) is 0 Å². The zero-order chi connectivity index (χ0) is 45.7. The highest BCUT2D eigenvalue weighted by Crippen LogP contribution is 2.47. The van der Waals surface area contributed by atoms with E-state index >= 15 is 0 Å². The number of carbonyl (C=O) groups is 2. The Bertz CT molecular complexity index is 1180.